The van der Waals surface area contributed by atoms with Crippen molar-refractivity contribution in [3.8, 4) is 5.75 Å². The van der Waals surface area contributed by atoms with Gasteiger partial charge in [-0.1, -0.05) is 115 Å². The molecule has 6 N–H and O–H groups in total. The summed E-state index contributed by atoms with van der Waals surface area (Å²) in [6, 6.07) is 44.7. The third kappa shape index (κ3) is 54.2. The number of hydrogen-bond donors (Lipinski definition) is 6. The number of rotatable bonds is 7. The van der Waals surface area contributed by atoms with Crippen LogP contribution in [0.3, 0.4) is 0 Å². The van der Waals surface area contributed by atoms with Gasteiger partial charge in [-0.3, -0.25) is 0 Å². The maximum absolute atomic E-state index is 12.6. The highest BCUT2D eigenvalue weighted by atomic mass is 32.2. The molecule has 0 saturated carbocycles. The molecular formula is C62H89F6O21S3-3. The highest BCUT2D eigenvalue weighted by Crippen LogP contribution is 2.25. The minimum absolute atomic E-state index is 0.282. The number of aliphatic hydroxyl groups is 6. The molecule has 21 nitrogen and oxygen atoms in total. The Kier molecular flexibility index (Phi) is 41.0. The van der Waals surface area contributed by atoms with Crippen molar-refractivity contribution >= 4 is 80.6 Å². The molecule has 0 aromatic heterocycles. The largest absolute Gasteiger partial charge is 0.743 e. The van der Waals surface area contributed by atoms with Crippen LogP contribution in [0.5, 0.6) is 5.75 Å². The van der Waals surface area contributed by atoms with E-state index in [1.54, 1.807) is 125 Å². The van der Waals surface area contributed by atoms with E-state index >= 15 is 0 Å². The first kappa shape index (κ1) is 94.3. The maximum atomic E-state index is 12.6. The summed E-state index contributed by atoms with van der Waals surface area (Å²) in [6.45, 7) is 31.4. The van der Waals surface area contributed by atoms with E-state index in [-0.39, 0.29) is 5.75 Å². The molecule has 0 aliphatic rings. The van der Waals surface area contributed by atoms with Crippen molar-refractivity contribution in [3.05, 3.63) is 140 Å². The van der Waals surface area contributed by atoms with Crippen LogP contribution in [-0.4, -0.2) is 151 Å². The molecule has 6 rings (SSSR count). The van der Waals surface area contributed by atoms with Gasteiger partial charge < -0.3 is 58.5 Å². The molecule has 6 aromatic rings. The second kappa shape index (κ2) is 40.0. The van der Waals surface area contributed by atoms with Crippen molar-refractivity contribution in [1.82, 2.24) is 0 Å². The lowest BCUT2D eigenvalue weighted by Gasteiger charge is -2.17. The molecular weight excluding hydrogens is 1290 g/mol. The van der Waals surface area contributed by atoms with Gasteiger partial charge in [0, 0.05) is 0 Å². The molecule has 0 heterocycles. The summed E-state index contributed by atoms with van der Waals surface area (Å²) >= 11 is 0. The van der Waals surface area contributed by atoms with E-state index in [1.165, 1.54) is 50.5 Å². The number of carbonyl (C=O) groups excluding carboxylic acids is 3. The van der Waals surface area contributed by atoms with Gasteiger partial charge in [0.2, 0.25) is 0 Å². The topological polar surface area (TPSA) is 372 Å². The minimum atomic E-state index is -6.08. The van der Waals surface area contributed by atoms with Gasteiger partial charge >= 0.3 is 33.7 Å². The van der Waals surface area contributed by atoms with Gasteiger partial charge in [-0.25, -0.2) is 39.6 Å². The first-order chi connectivity index (χ1) is 40.6. The van der Waals surface area contributed by atoms with E-state index in [1.807, 2.05) is 0 Å². The van der Waals surface area contributed by atoms with Crippen molar-refractivity contribution < 1.29 is 124 Å². The first-order valence-corrected chi connectivity index (χ1v) is 30.9. The van der Waals surface area contributed by atoms with Crippen LogP contribution in [-0.2, 0) is 54.2 Å². The number of carbonyl (C=O) groups is 3. The van der Waals surface area contributed by atoms with Gasteiger partial charge in [-0.05, 0) is 181 Å². The van der Waals surface area contributed by atoms with Crippen LogP contribution in [0.4, 0.5) is 26.3 Å². The summed E-state index contributed by atoms with van der Waals surface area (Å²) in [6.07, 6.45) is 0. The average Bonchev–Trinajstić information content (AvgIpc) is 0.944. The van der Waals surface area contributed by atoms with Gasteiger partial charge in [0.1, 0.15) is 5.75 Å². The molecule has 0 radical (unpaired) electrons. The number of ether oxygens (including phenoxy) is 3. The Labute approximate surface area is 536 Å². The zero-order chi connectivity index (χ0) is 74.2. The molecule has 0 saturated heterocycles. The third-order valence-corrected chi connectivity index (χ3v) is 9.64. The summed E-state index contributed by atoms with van der Waals surface area (Å²) < 4.78 is 172. The zero-order valence-electron chi connectivity index (χ0n) is 55.1. The van der Waals surface area contributed by atoms with Crippen LogP contribution in [0.1, 0.15) is 125 Å². The molecule has 0 unspecified atom stereocenters. The van der Waals surface area contributed by atoms with E-state index in [0.717, 1.165) is 12.1 Å². The Morgan fingerprint density at radius 2 is 0.467 bits per heavy atom. The van der Waals surface area contributed by atoms with E-state index in [9.17, 15) is 79.6 Å². The predicted molar refractivity (Wildman–Crippen MR) is 337 cm³/mol. The smallest absolute Gasteiger partial charge is 0.429 e. The first-order valence-electron chi connectivity index (χ1n) is 26.7. The zero-order valence-corrected chi connectivity index (χ0v) is 57.5. The number of fused-ring (bicyclic) bond motifs is 3. The molecule has 92 heavy (non-hydrogen) atoms. The van der Waals surface area contributed by atoms with Gasteiger partial charge in [0.15, 0.2) is 30.4 Å². The van der Waals surface area contributed by atoms with Crippen LogP contribution in [0, 0.1) is 0 Å². The van der Waals surface area contributed by atoms with Crippen LogP contribution in [0.15, 0.2) is 140 Å². The van der Waals surface area contributed by atoms with Crippen molar-refractivity contribution in [2.75, 3.05) is 14.2 Å². The van der Waals surface area contributed by atoms with Crippen LogP contribution < -0.4 is 4.74 Å². The number of esters is 3. The van der Waals surface area contributed by atoms with Crippen LogP contribution >= 0.6 is 0 Å². The lowest BCUT2D eigenvalue weighted by Crippen LogP contribution is -2.40. The second-order valence-electron chi connectivity index (χ2n) is 24.5. The molecule has 0 aliphatic carbocycles. The Bertz CT molecular complexity index is 3100. The Morgan fingerprint density at radius 1 is 0.315 bits per heavy atom. The van der Waals surface area contributed by atoms with E-state index in [0.29, 0.717) is 14.2 Å². The fourth-order valence-corrected chi connectivity index (χ4v) is 5.04. The fraction of sp³-hybridized carbons (Fsp3) is 0.468. The Hall–Kier alpha value is -6.42. The summed E-state index contributed by atoms with van der Waals surface area (Å²) in [5.74, 6) is -7.47. The molecule has 6 aromatic carbocycles. The highest BCUT2D eigenvalue weighted by Gasteiger charge is 2.50. The molecule has 30 heteroatoms. The van der Waals surface area contributed by atoms with Crippen molar-refractivity contribution in [2.45, 2.75) is 174 Å². The number of methoxy groups -OCH3 is 2. The average molecular weight is 1380 g/mol. The SMILES string of the molecule is CC(C)(C)O.CC(C)(C)O.CC(C)(C)O.CC(C)(C)O.CC(C)(C)O.CC(C)(C)O.COC(=O)C(F)(F)S(=O)(=O)[O-].COC(=O)C(F)(F)S(=O)(=O)[O-].O=C(Oc1ccccc1)C(F)(F)S(=O)(=O)[O-].c1ccc2cc3ccccc3cc2c1.c1ccc2ccccc2c1. The summed E-state index contributed by atoms with van der Waals surface area (Å²) in [5.41, 5.74) is -3.00. The standard InChI is InChI=1S/C14H10.C10H8.C8H6F2O5S.6C4H10O.2C3H4F2O5S/c1-2-6-12-10-14-8-4-3-7-13(14)9-11(12)5-1;1-2-6-10-8-4-3-7-9(10)5-1;9-8(10,16(12,13)14)7(11)15-6-4-2-1-3-5-6;6*1-4(2,3)5;2*1-10-2(6)3(4,5)11(7,8)9/h1-10H;1-8H;1-5H,(H,12,13,14);6*5H,1-3H3;2*1H3,(H,7,8,9)/p-3. The molecule has 0 fully saturated rings. The predicted octanol–water partition coefficient (Wildman–Crippen LogP) is 10.8. The number of benzene rings is 6. The van der Waals surface area contributed by atoms with Crippen LogP contribution in [0.2, 0.25) is 0 Å². The monoisotopic (exact) mass is 1380 g/mol. The highest BCUT2D eigenvalue weighted by molar-refractivity contribution is 7.88. The number of alkyl halides is 6. The second-order valence-corrected chi connectivity index (χ2v) is 28.8. The summed E-state index contributed by atoms with van der Waals surface area (Å²) in [5, 5.41) is 43.9. The lowest BCUT2D eigenvalue weighted by atomic mass is 10.0. The maximum Gasteiger partial charge on any atom is 0.429 e. The minimum Gasteiger partial charge on any atom is -0.743 e. The number of halogens is 6. The van der Waals surface area contributed by atoms with E-state index in [2.05, 4.69) is 123 Å². The fourth-order valence-electron chi connectivity index (χ4n) is 4.21. The molecule has 0 spiro atoms. The summed E-state index contributed by atoms with van der Waals surface area (Å²) in [4.78, 5) is 30.6. The molecule has 0 aliphatic heterocycles. The molecule has 0 atom stereocenters. The van der Waals surface area contributed by atoms with Crippen LogP contribution in [0.25, 0.3) is 32.3 Å². The molecule has 0 bridgehead atoms. The molecule has 0 amide bonds. The number of hydrogen-bond acceptors (Lipinski definition) is 21. The Balaban J connectivity index is -0.000000311. The summed E-state index contributed by atoms with van der Waals surface area (Å²) in [7, 11) is -16.9. The lowest BCUT2D eigenvalue weighted by molar-refractivity contribution is -0.158. The van der Waals surface area contributed by atoms with Gasteiger partial charge in [0.25, 0.3) is 0 Å². The van der Waals surface area contributed by atoms with Gasteiger partial charge in [-0.15, -0.1) is 0 Å². The van der Waals surface area contributed by atoms with Gasteiger partial charge in [0.05, 0.1) is 47.8 Å². The van der Waals surface area contributed by atoms with Crippen molar-refractivity contribution in [3.63, 3.8) is 0 Å². The number of para-hydroxylation sites is 1. The van der Waals surface area contributed by atoms with Crippen molar-refractivity contribution in [2.24, 2.45) is 0 Å². The van der Waals surface area contributed by atoms with E-state index < -0.39 is 97.6 Å². The third-order valence-electron chi connectivity index (χ3n) is 7.25. The molecule has 526 valence electrons. The van der Waals surface area contributed by atoms with E-state index in [4.69, 9.17) is 30.6 Å². The normalized spacial score (nSPS) is 11.8. The Morgan fingerprint density at radius 3 is 0.620 bits per heavy atom. The van der Waals surface area contributed by atoms with Gasteiger partial charge in [-0.2, -0.15) is 26.3 Å². The van der Waals surface area contributed by atoms with Crippen molar-refractivity contribution in [1.29, 1.82) is 0 Å². The quantitative estimate of drug-likeness (QED) is 0.0284.